The first-order valence-electron chi connectivity index (χ1n) is 21.7. The van der Waals surface area contributed by atoms with E-state index in [1.165, 1.54) is 32.1 Å². The summed E-state index contributed by atoms with van der Waals surface area (Å²) in [5, 5.41) is 6.20. The van der Waals surface area contributed by atoms with Crippen LogP contribution in [-0.4, -0.2) is 41.3 Å². The van der Waals surface area contributed by atoms with Crippen molar-refractivity contribution in [2.45, 2.75) is 171 Å². The molecule has 314 valence electrons. The molecular formula is C49H74FN5O2. The Kier molecular flexibility index (Phi) is 17.9. The first kappa shape index (κ1) is 47.3. The minimum Gasteiger partial charge on any atom is -0.344 e. The molecule has 1 aromatic carbocycles. The number of nitrogens with one attached hydrogen (secondary N) is 2. The standard InChI is InChI=1S/C38H48FN5O2.C7H16.C4H10/c1-9-15-40-32(25(5)26(6)42-34-20-30(24(4)21-41-34)35(45)43-38(22-39)13-14-38)16-23(3)28-11-12-31-33(19-28)44(36(46)37(31,7)8)29-17-27(10-2)18-29;1-3-5-7-6-4-2;1-4(2)3/h11-12,15-16,19-21,27,29H,3,9-10,13-14,17-18,22H2,1-2,4-8H3,(H,41,42)(H,43,45);3-7H2,1-2H3;4H,1-3H3/b26-25+,32-16+,40-15?;;. The van der Waals surface area contributed by atoms with Crippen molar-refractivity contribution in [1.82, 2.24) is 10.3 Å². The number of carbonyl (C=O) groups excluding carboxylic acids is 2. The van der Waals surface area contributed by atoms with Crippen molar-refractivity contribution in [1.29, 1.82) is 0 Å². The molecule has 2 fully saturated rings. The minimum atomic E-state index is -0.718. The molecule has 2 saturated carbocycles. The summed E-state index contributed by atoms with van der Waals surface area (Å²) in [4.78, 5) is 37.8. The van der Waals surface area contributed by atoms with Crippen molar-refractivity contribution >= 4 is 35.1 Å². The number of pyridine rings is 1. The van der Waals surface area contributed by atoms with Crippen molar-refractivity contribution in [2.24, 2.45) is 16.8 Å². The number of anilines is 2. The number of aliphatic imine (C=N–C) groups is 1. The topological polar surface area (TPSA) is 86.7 Å². The van der Waals surface area contributed by atoms with Crippen LogP contribution in [0, 0.1) is 18.8 Å². The highest BCUT2D eigenvalue weighted by atomic mass is 19.1. The largest absolute Gasteiger partial charge is 0.344 e. The van der Waals surface area contributed by atoms with Gasteiger partial charge in [-0.15, -0.1) is 0 Å². The Bertz CT molecular complexity index is 1770. The second-order valence-electron chi connectivity index (χ2n) is 17.6. The number of carbonyl (C=O) groups is 2. The van der Waals surface area contributed by atoms with Gasteiger partial charge in [-0.05, 0) is 125 Å². The lowest BCUT2D eigenvalue weighted by Gasteiger charge is -2.41. The van der Waals surface area contributed by atoms with Gasteiger partial charge < -0.3 is 15.5 Å². The zero-order valence-corrected chi connectivity index (χ0v) is 37.5. The van der Waals surface area contributed by atoms with E-state index < -0.39 is 17.6 Å². The van der Waals surface area contributed by atoms with Gasteiger partial charge >= 0.3 is 0 Å². The number of alkyl halides is 1. The summed E-state index contributed by atoms with van der Waals surface area (Å²) in [6, 6.07) is 8.20. The summed E-state index contributed by atoms with van der Waals surface area (Å²) in [7, 11) is 0. The molecule has 57 heavy (non-hydrogen) atoms. The molecule has 8 heteroatoms. The van der Waals surface area contributed by atoms with Gasteiger partial charge in [0.1, 0.15) is 12.5 Å². The highest BCUT2D eigenvalue weighted by molar-refractivity contribution is 6.08. The first-order chi connectivity index (χ1) is 27.0. The maximum absolute atomic E-state index is 13.6. The molecule has 2 heterocycles. The van der Waals surface area contributed by atoms with E-state index in [0.29, 0.717) is 30.1 Å². The van der Waals surface area contributed by atoms with Crippen LogP contribution < -0.4 is 15.5 Å². The number of hydrogen-bond donors (Lipinski definition) is 2. The molecule has 2 aromatic rings. The van der Waals surface area contributed by atoms with Crippen molar-refractivity contribution in [3.8, 4) is 0 Å². The average Bonchev–Trinajstić information content (AvgIpc) is 3.90. The Morgan fingerprint density at radius 2 is 1.68 bits per heavy atom. The van der Waals surface area contributed by atoms with Gasteiger partial charge in [-0.1, -0.05) is 106 Å². The van der Waals surface area contributed by atoms with E-state index in [0.717, 1.165) is 76.5 Å². The third-order valence-electron chi connectivity index (χ3n) is 11.2. The van der Waals surface area contributed by atoms with Gasteiger partial charge in [0, 0.05) is 35.4 Å². The number of rotatable bonds is 16. The zero-order chi connectivity index (χ0) is 42.5. The molecule has 0 unspecified atom stereocenters. The Morgan fingerprint density at radius 3 is 2.23 bits per heavy atom. The van der Waals surface area contributed by atoms with Crippen molar-refractivity contribution in [2.75, 3.05) is 16.9 Å². The van der Waals surface area contributed by atoms with Crippen molar-refractivity contribution in [3.05, 3.63) is 82.3 Å². The van der Waals surface area contributed by atoms with Crippen LogP contribution in [0.1, 0.15) is 174 Å². The molecular weight excluding hydrogens is 710 g/mol. The van der Waals surface area contributed by atoms with Gasteiger partial charge in [-0.3, -0.25) is 14.6 Å². The molecule has 1 aromatic heterocycles. The third kappa shape index (κ3) is 12.7. The van der Waals surface area contributed by atoms with E-state index in [9.17, 15) is 14.0 Å². The summed E-state index contributed by atoms with van der Waals surface area (Å²) in [6.45, 7) is 28.9. The van der Waals surface area contributed by atoms with E-state index in [4.69, 9.17) is 4.99 Å². The van der Waals surface area contributed by atoms with Crippen molar-refractivity contribution < 1.29 is 14.0 Å². The van der Waals surface area contributed by atoms with Gasteiger partial charge in [-0.2, -0.15) is 0 Å². The summed E-state index contributed by atoms with van der Waals surface area (Å²) in [5.41, 5.74) is 6.18. The van der Waals surface area contributed by atoms with Crippen LogP contribution in [0.3, 0.4) is 0 Å². The molecule has 3 aliphatic rings. The maximum Gasteiger partial charge on any atom is 0.252 e. The molecule has 1 aliphatic heterocycles. The quantitative estimate of drug-likeness (QED) is 0.101. The molecule has 0 saturated heterocycles. The lowest BCUT2D eigenvalue weighted by Crippen LogP contribution is -2.49. The van der Waals surface area contributed by atoms with Crippen LogP contribution in [-0.2, 0) is 10.2 Å². The van der Waals surface area contributed by atoms with Crippen LogP contribution in [0.4, 0.5) is 15.9 Å². The van der Waals surface area contributed by atoms with Gasteiger partial charge in [0.25, 0.3) is 5.91 Å². The fraction of sp³-hybridized carbons (Fsp3) is 0.592. The first-order valence-corrected chi connectivity index (χ1v) is 21.7. The Hall–Kier alpha value is -4.07. The van der Waals surface area contributed by atoms with E-state index in [-0.39, 0.29) is 17.9 Å². The Morgan fingerprint density at radius 1 is 1.05 bits per heavy atom. The molecule has 2 amide bonds. The normalized spacial score (nSPS) is 19.4. The fourth-order valence-corrected chi connectivity index (χ4v) is 7.02. The number of nitrogens with zero attached hydrogens (tertiary/aromatic N) is 3. The lowest BCUT2D eigenvalue weighted by atomic mass is 9.77. The zero-order valence-electron chi connectivity index (χ0n) is 37.5. The number of amides is 2. The summed E-state index contributed by atoms with van der Waals surface area (Å²) >= 11 is 0. The van der Waals surface area contributed by atoms with Crippen LogP contribution in [0.2, 0.25) is 0 Å². The number of benzene rings is 1. The molecule has 5 rings (SSSR count). The van der Waals surface area contributed by atoms with Crippen LogP contribution >= 0.6 is 0 Å². The number of hydrogen-bond acceptors (Lipinski definition) is 5. The third-order valence-corrected chi connectivity index (χ3v) is 11.2. The molecule has 7 nitrogen and oxygen atoms in total. The second-order valence-corrected chi connectivity index (χ2v) is 17.6. The number of aryl methyl sites for hydroxylation is 1. The highest BCUT2D eigenvalue weighted by Gasteiger charge is 2.49. The number of aromatic nitrogens is 1. The van der Waals surface area contributed by atoms with Crippen LogP contribution in [0.15, 0.2) is 65.1 Å². The van der Waals surface area contributed by atoms with Gasteiger partial charge in [0.05, 0.1) is 16.7 Å². The summed E-state index contributed by atoms with van der Waals surface area (Å²) in [5.74, 6) is 1.92. The van der Waals surface area contributed by atoms with Gasteiger partial charge in [0.15, 0.2) is 0 Å². The monoisotopic (exact) mass is 784 g/mol. The molecule has 2 N–H and O–H groups in total. The smallest absolute Gasteiger partial charge is 0.252 e. The van der Waals surface area contributed by atoms with E-state index in [2.05, 4.69) is 81.9 Å². The van der Waals surface area contributed by atoms with Gasteiger partial charge in [-0.25, -0.2) is 9.37 Å². The van der Waals surface area contributed by atoms with E-state index in [1.807, 2.05) is 58.7 Å². The summed E-state index contributed by atoms with van der Waals surface area (Å²) < 4.78 is 13.4. The predicted molar refractivity (Wildman–Crippen MR) is 241 cm³/mol. The lowest BCUT2D eigenvalue weighted by molar-refractivity contribution is -0.123. The Balaban J connectivity index is 0.000000697. The number of halogens is 1. The maximum atomic E-state index is 13.6. The van der Waals surface area contributed by atoms with Crippen LogP contribution in [0.25, 0.3) is 5.57 Å². The van der Waals surface area contributed by atoms with Gasteiger partial charge in [0.2, 0.25) is 5.91 Å². The average molecular weight is 784 g/mol. The SMILES string of the molecule is C=C(/C=C(N=CCC)\C(C)=C(/C)Nc1cc(C(=O)NC2(CF)CC2)c(C)cn1)c1ccc2c(c1)N(C1CC(CC)C1)C(=O)C2(C)C.CC(C)C.CCCCCCC. The highest BCUT2D eigenvalue weighted by Crippen LogP contribution is 2.48. The summed E-state index contributed by atoms with van der Waals surface area (Å²) in [6.07, 6.45) is 17.8. The molecule has 2 aliphatic carbocycles. The van der Waals surface area contributed by atoms with E-state index >= 15 is 0 Å². The van der Waals surface area contributed by atoms with E-state index in [1.54, 1.807) is 12.3 Å². The molecule has 0 bridgehead atoms. The number of fused-ring (bicyclic) bond motifs is 1. The fourth-order valence-electron chi connectivity index (χ4n) is 7.02. The number of allylic oxidation sites excluding steroid dienone is 4. The van der Waals surface area contributed by atoms with Crippen LogP contribution in [0.5, 0.6) is 0 Å². The molecule has 0 atom stereocenters. The molecule has 0 spiro atoms. The van der Waals surface area contributed by atoms with Crippen molar-refractivity contribution in [3.63, 3.8) is 0 Å². The Labute approximate surface area is 345 Å². The second kappa shape index (κ2) is 21.6. The molecule has 0 radical (unpaired) electrons. The number of unbranched alkanes of at least 4 members (excludes halogenated alkanes) is 4. The predicted octanol–water partition coefficient (Wildman–Crippen LogP) is 12.9. The minimum absolute atomic E-state index is 0.175.